The lowest BCUT2D eigenvalue weighted by Gasteiger charge is -2.33. The van der Waals surface area contributed by atoms with Gasteiger partial charge < -0.3 is 14.7 Å². The Morgan fingerprint density at radius 2 is 1.76 bits per heavy atom. The Morgan fingerprint density at radius 3 is 2.24 bits per heavy atom. The third kappa shape index (κ3) is 6.90. The maximum Gasteiger partial charge on any atom is 0.306 e. The zero-order valence-electron chi connectivity index (χ0n) is 19.6. The number of amides is 2. The van der Waals surface area contributed by atoms with Crippen molar-refractivity contribution in [2.24, 2.45) is 11.8 Å². The van der Waals surface area contributed by atoms with Gasteiger partial charge in [-0.2, -0.15) is 4.31 Å². The summed E-state index contributed by atoms with van der Waals surface area (Å²) in [5, 5.41) is 18.4. The fourth-order valence-electron chi connectivity index (χ4n) is 3.94. The molecule has 12 heteroatoms. The highest BCUT2D eigenvalue weighted by Crippen LogP contribution is 2.25. The van der Waals surface area contributed by atoms with Crippen LogP contribution in [0.2, 0.25) is 0 Å². The Kier molecular flexibility index (Phi) is 9.83. The van der Waals surface area contributed by atoms with Gasteiger partial charge in [-0.1, -0.05) is 13.8 Å². The number of sulfonamides is 1. The van der Waals surface area contributed by atoms with Gasteiger partial charge in [0.15, 0.2) is 0 Å². The fourth-order valence-corrected chi connectivity index (χ4v) is 5.54. The third-order valence-corrected chi connectivity index (χ3v) is 7.79. The molecule has 0 bridgehead atoms. The van der Waals surface area contributed by atoms with Crippen LogP contribution in [0.3, 0.4) is 0 Å². The summed E-state index contributed by atoms with van der Waals surface area (Å²) in [7, 11) is -2.77. The van der Waals surface area contributed by atoms with Crippen molar-refractivity contribution in [3.63, 3.8) is 0 Å². The summed E-state index contributed by atoms with van der Waals surface area (Å²) in [6, 6.07) is 4.42. The fraction of sp³-hybridized carbons (Fsp3) is 0.591. The van der Waals surface area contributed by atoms with Gasteiger partial charge in [0.25, 0.3) is 5.91 Å². The van der Waals surface area contributed by atoms with Crippen LogP contribution in [0.5, 0.6) is 5.75 Å². The van der Waals surface area contributed by atoms with Crippen molar-refractivity contribution in [2.45, 2.75) is 50.5 Å². The maximum absolute atomic E-state index is 13.5. The first-order valence-corrected chi connectivity index (χ1v) is 12.6. The highest BCUT2D eigenvalue weighted by atomic mass is 32.2. The first kappa shape index (κ1) is 27.5. The Labute approximate surface area is 199 Å². The standard InChI is InChI=1S/C22H33N3O8S/c1-15(2)14-19(21(27)23-30)25(34(31,32)18-6-4-17(33-3)5-7-18)13-10-20(26)24-11-8-16(9-12-24)22(28)29/h4-7,15-16,19,30H,8-14H2,1-3H3,(H,23,27)(H,28,29). The van der Waals surface area contributed by atoms with Crippen LogP contribution in [0, 0.1) is 11.8 Å². The molecule has 2 rings (SSSR count). The number of rotatable bonds is 11. The lowest BCUT2D eigenvalue weighted by molar-refractivity contribution is -0.145. The number of hydrogen-bond acceptors (Lipinski definition) is 7. The molecule has 1 unspecified atom stereocenters. The van der Waals surface area contributed by atoms with Crippen molar-refractivity contribution in [1.29, 1.82) is 0 Å². The smallest absolute Gasteiger partial charge is 0.306 e. The van der Waals surface area contributed by atoms with Crippen LogP contribution in [-0.4, -0.2) is 78.5 Å². The van der Waals surface area contributed by atoms with Crippen molar-refractivity contribution in [3.8, 4) is 5.75 Å². The molecule has 190 valence electrons. The first-order chi connectivity index (χ1) is 16.0. The summed E-state index contributed by atoms with van der Waals surface area (Å²) in [4.78, 5) is 37.9. The van der Waals surface area contributed by atoms with Gasteiger partial charge >= 0.3 is 5.97 Å². The van der Waals surface area contributed by atoms with E-state index >= 15 is 0 Å². The molecule has 1 aliphatic heterocycles. The summed E-state index contributed by atoms with van der Waals surface area (Å²) < 4.78 is 33.1. The van der Waals surface area contributed by atoms with Gasteiger partial charge in [0, 0.05) is 26.1 Å². The third-order valence-electron chi connectivity index (χ3n) is 5.86. The number of likely N-dealkylation sites (tertiary alicyclic amines) is 1. The monoisotopic (exact) mass is 499 g/mol. The molecule has 34 heavy (non-hydrogen) atoms. The highest BCUT2D eigenvalue weighted by Gasteiger charge is 2.37. The van der Waals surface area contributed by atoms with Gasteiger partial charge in [-0.3, -0.25) is 19.6 Å². The number of hydrogen-bond donors (Lipinski definition) is 3. The second-order valence-corrected chi connectivity index (χ2v) is 10.5. The van der Waals surface area contributed by atoms with E-state index in [9.17, 15) is 28.0 Å². The topological polar surface area (TPSA) is 154 Å². The predicted molar refractivity (Wildman–Crippen MR) is 122 cm³/mol. The Bertz CT molecular complexity index is 957. The summed E-state index contributed by atoms with van der Waals surface area (Å²) in [6.07, 6.45) is 0.593. The summed E-state index contributed by atoms with van der Waals surface area (Å²) in [5.41, 5.74) is 1.54. The average molecular weight is 500 g/mol. The zero-order chi connectivity index (χ0) is 25.5. The van der Waals surface area contributed by atoms with Crippen molar-refractivity contribution < 1.29 is 37.9 Å². The zero-order valence-corrected chi connectivity index (χ0v) is 20.5. The molecular weight excluding hydrogens is 466 g/mol. The predicted octanol–water partition coefficient (Wildman–Crippen LogP) is 1.32. The minimum Gasteiger partial charge on any atom is -0.497 e. The van der Waals surface area contributed by atoms with Crippen LogP contribution in [0.15, 0.2) is 29.2 Å². The van der Waals surface area contributed by atoms with Gasteiger partial charge in [-0.05, 0) is 49.4 Å². The molecule has 1 heterocycles. The number of hydroxylamine groups is 1. The van der Waals surface area contributed by atoms with E-state index in [0.29, 0.717) is 18.6 Å². The molecule has 1 aromatic carbocycles. The molecule has 0 saturated carbocycles. The van der Waals surface area contributed by atoms with Crippen molar-refractivity contribution in [3.05, 3.63) is 24.3 Å². The van der Waals surface area contributed by atoms with E-state index in [4.69, 9.17) is 9.84 Å². The van der Waals surface area contributed by atoms with Gasteiger partial charge in [-0.15, -0.1) is 0 Å². The number of methoxy groups -OCH3 is 1. The quantitative estimate of drug-likeness (QED) is 0.304. The number of carboxylic acids is 1. The summed E-state index contributed by atoms with van der Waals surface area (Å²) in [5.74, 6) is -2.24. The Hall–Kier alpha value is -2.70. The lowest BCUT2D eigenvalue weighted by atomic mass is 9.97. The first-order valence-electron chi connectivity index (χ1n) is 11.1. The van der Waals surface area contributed by atoms with Crippen molar-refractivity contribution in [1.82, 2.24) is 14.7 Å². The minimum absolute atomic E-state index is 0.0810. The van der Waals surface area contributed by atoms with E-state index in [1.165, 1.54) is 36.3 Å². The molecule has 1 aromatic rings. The number of benzene rings is 1. The number of nitrogens with zero attached hydrogens (tertiary/aromatic N) is 2. The molecule has 1 saturated heterocycles. The molecular formula is C22H33N3O8S. The summed E-state index contributed by atoms with van der Waals surface area (Å²) in [6.45, 7) is 3.89. The summed E-state index contributed by atoms with van der Waals surface area (Å²) >= 11 is 0. The minimum atomic E-state index is -4.22. The van der Waals surface area contributed by atoms with Gasteiger partial charge in [0.1, 0.15) is 11.8 Å². The Balaban J connectivity index is 2.28. The normalized spacial score (nSPS) is 15.9. The maximum atomic E-state index is 13.5. The van der Waals surface area contributed by atoms with Crippen LogP contribution >= 0.6 is 0 Å². The van der Waals surface area contributed by atoms with Crippen LogP contribution in [-0.2, 0) is 24.4 Å². The van der Waals surface area contributed by atoms with E-state index in [2.05, 4.69) is 0 Å². The van der Waals surface area contributed by atoms with E-state index in [0.717, 1.165) is 4.31 Å². The number of nitrogens with one attached hydrogen (secondary N) is 1. The average Bonchev–Trinajstić information content (AvgIpc) is 2.82. The Morgan fingerprint density at radius 1 is 1.18 bits per heavy atom. The van der Waals surface area contributed by atoms with Crippen LogP contribution in [0.1, 0.15) is 39.5 Å². The highest BCUT2D eigenvalue weighted by molar-refractivity contribution is 7.89. The van der Waals surface area contributed by atoms with E-state index < -0.39 is 33.9 Å². The van der Waals surface area contributed by atoms with E-state index in [-0.39, 0.29) is 49.2 Å². The van der Waals surface area contributed by atoms with E-state index in [1.54, 1.807) is 5.48 Å². The molecule has 1 fully saturated rings. The number of carbonyl (C=O) groups is 3. The molecule has 1 aliphatic rings. The molecule has 3 N–H and O–H groups in total. The second-order valence-electron chi connectivity index (χ2n) is 8.66. The van der Waals surface area contributed by atoms with E-state index in [1.807, 2.05) is 13.8 Å². The van der Waals surface area contributed by atoms with Crippen LogP contribution in [0.25, 0.3) is 0 Å². The number of carbonyl (C=O) groups excluding carboxylic acids is 2. The molecule has 0 spiro atoms. The second kappa shape index (κ2) is 12.1. The molecule has 0 aromatic heterocycles. The molecule has 11 nitrogen and oxygen atoms in total. The number of carboxylic acid groups (broad SMARTS) is 1. The number of aliphatic carboxylic acids is 1. The SMILES string of the molecule is COc1ccc(S(=O)(=O)N(CCC(=O)N2CCC(C(=O)O)CC2)C(CC(C)C)C(=O)NO)cc1. The van der Waals surface area contributed by atoms with Gasteiger partial charge in [-0.25, -0.2) is 13.9 Å². The van der Waals surface area contributed by atoms with Gasteiger partial charge in [0.05, 0.1) is 17.9 Å². The largest absolute Gasteiger partial charge is 0.497 e. The van der Waals surface area contributed by atoms with Crippen LogP contribution < -0.4 is 10.2 Å². The lowest BCUT2D eigenvalue weighted by Crippen LogP contribution is -2.51. The number of piperidine rings is 1. The molecule has 1 atom stereocenters. The molecule has 0 radical (unpaired) electrons. The van der Waals surface area contributed by atoms with Crippen LogP contribution in [0.4, 0.5) is 0 Å². The van der Waals surface area contributed by atoms with Crippen molar-refractivity contribution in [2.75, 3.05) is 26.7 Å². The van der Waals surface area contributed by atoms with Gasteiger partial charge in [0.2, 0.25) is 15.9 Å². The number of ether oxygens (including phenoxy) is 1. The molecule has 0 aliphatic carbocycles. The molecule has 2 amide bonds. The van der Waals surface area contributed by atoms with Crippen molar-refractivity contribution >= 4 is 27.8 Å².